The summed E-state index contributed by atoms with van der Waals surface area (Å²) in [7, 11) is -4.67. The molecule has 0 aliphatic carbocycles. The van der Waals surface area contributed by atoms with Crippen molar-refractivity contribution in [2.45, 2.75) is 155 Å². The third-order valence-electron chi connectivity index (χ3n) is 8.53. The lowest BCUT2D eigenvalue weighted by atomic mass is 9.99. The van der Waals surface area contributed by atoms with Crippen LogP contribution in [-0.4, -0.2) is 76.9 Å². The summed E-state index contributed by atoms with van der Waals surface area (Å²) in [5, 5.41) is 28.5. The van der Waals surface area contributed by atoms with Gasteiger partial charge in [0.1, 0.15) is 12.7 Å². The quantitative estimate of drug-likeness (QED) is 0.0157. The molecular formula is C43H73O11P. The van der Waals surface area contributed by atoms with Crippen molar-refractivity contribution >= 4 is 19.8 Å². The summed E-state index contributed by atoms with van der Waals surface area (Å²) in [6, 6.07) is 0. The summed E-state index contributed by atoms with van der Waals surface area (Å²) in [5.74, 6) is -0.425. The van der Waals surface area contributed by atoms with E-state index in [9.17, 15) is 29.3 Å². The molecule has 316 valence electrons. The lowest BCUT2D eigenvalue weighted by Gasteiger charge is -2.20. The number of rotatable bonds is 36. The summed E-state index contributed by atoms with van der Waals surface area (Å²) in [4.78, 5) is 34.9. The van der Waals surface area contributed by atoms with Gasteiger partial charge in [-0.3, -0.25) is 18.6 Å². The molecule has 0 bridgehead atoms. The standard InChI is InChI=1S/C43H73O11P/c1-4-6-7-8-9-10-11-12-13-14-15-16-17-21-24-27-30-39(45)32-33-42(47)51-36-41(37-53-55(49,50)52-35-40(46)34-44)54-43(48)31-28-25-22-19-18-20-23-26-29-38(3)5-2/h6-7,9-10,12-13,15-16,21,24,27,30,38-41,44-46H,4-5,8,11,14,17-20,22-23,25-26,28-29,31-37H2,1-3H3,(H,49,50)/b7-6-,10-9-,13-12-,16-15-,24-21-,30-27-/t38?,39?,40-,41+/m0/s1. The minimum absolute atomic E-state index is 0.103. The summed E-state index contributed by atoms with van der Waals surface area (Å²) < 4.78 is 32.4. The maximum absolute atomic E-state index is 12.6. The van der Waals surface area contributed by atoms with E-state index in [2.05, 4.69) is 73.9 Å². The molecular weight excluding hydrogens is 723 g/mol. The molecule has 0 rings (SSSR count). The van der Waals surface area contributed by atoms with Gasteiger partial charge in [0, 0.05) is 12.8 Å². The molecule has 0 fully saturated rings. The third kappa shape index (κ3) is 36.7. The second-order valence-electron chi connectivity index (χ2n) is 13.7. The highest BCUT2D eigenvalue weighted by Crippen LogP contribution is 2.43. The number of esters is 2. The van der Waals surface area contributed by atoms with Gasteiger partial charge < -0.3 is 29.7 Å². The Morgan fingerprint density at radius 3 is 1.78 bits per heavy atom. The average molecular weight is 797 g/mol. The molecule has 0 aromatic rings. The van der Waals surface area contributed by atoms with Crippen LogP contribution in [0.15, 0.2) is 72.9 Å². The number of aliphatic hydroxyl groups excluding tert-OH is 3. The van der Waals surface area contributed by atoms with Crippen molar-refractivity contribution in [1.29, 1.82) is 0 Å². The molecule has 12 heteroatoms. The smallest absolute Gasteiger partial charge is 0.462 e. The maximum atomic E-state index is 12.6. The van der Waals surface area contributed by atoms with Crippen molar-refractivity contribution in [2.24, 2.45) is 5.92 Å². The molecule has 11 nitrogen and oxygen atoms in total. The number of phosphoric acid groups is 1. The highest BCUT2D eigenvalue weighted by atomic mass is 31.2. The van der Waals surface area contributed by atoms with Crippen molar-refractivity contribution < 1.29 is 52.9 Å². The Morgan fingerprint density at radius 1 is 0.655 bits per heavy atom. The Labute approximate surface area is 331 Å². The van der Waals surface area contributed by atoms with Crippen molar-refractivity contribution in [1.82, 2.24) is 0 Å². The van der Waals surface area contributed by atoms with Crippen LogP contribution in [0.4, 0.5) is 0 Å². The number of aliphatic hydroxyl groups is 3. The van der Waals surface area contributed by atoms with Crippen molar-refractivity contribution in [3.8, 4) is 0 Å². The predicted octanol–water partition coefficient (Wildman–Crippen LogP) is 9.32. The first-order chi connectivity index (χ1) is 26.5. The van der Waals surface area contributed by atoms with Gasteiger partial charge in [-0.15, -0.1) is 0 Å². The second kappa shape index (κ2) is 37.0. The number of unbranched alkanes of at least 4 members (excludes halogenated alkanes) is 7. The summed E-state index contributed by atoms with van der Waals surface area (Å²) in [6.07, 6.45) is 36.4. The highest BCUT2D eigenvalue weighted by molar-refractivity contribution is 7.47. The van der Waals surface area contributed by atoms with Gasteiger partial charge in [0.25, 0.3) is 0 Å². The van der Waals surface area contributed by atoms with Gasteiger partial charge in [-0.1, -0.05) is 151 Å². The number of allylic oxidation sites excluding steroid dienone is 11. The molecule has 3 unspecified atom stereocenters. The van der Waals surface area contributed by atoms with Gasteiger partial charge >= 0.3 is 19.8 Å². The van der Waals surface area contributed by atoms with Gasteiger partial charge in [-0.05, 0) is 50.9 Å². The van der Waals surface area contributed by atoms with Crippen LogP contribution in [0.2, 0.25) is 0 Å². The van der Waals surface area contributed by atoms with Crippen LogP contribution >= 0.6 is 7.82 Å². The van der Waals surface area contributed by atoms with E-state index < -0.39 is 64.5 Å². The topological polar surface area (TPSA) is 169 Å². The lowest BCUT2D eigenvalue weighted by molar-refractivity contribution is -0.161. The van der Waals surface area contributed by atoms with Crippen molar-refractivity contribution in [3.63, 3.8) is 0 Å². The number of carbonyl (C=O) groups excluding carboxylic acids is 2. The highest BCUT2D eigenvalue weighted by Gasteiger charge is 2.27. The molecule has 0 spiro atoms. The molecule has 0 amide bonds. The summed E-state index contributed by atoms with van der Waals surface area (Å²) in [6.45, 7) is 4.26. The molecule has 4 N–H and O–H groups in total. The van der Waals surface area contributed by atoms with Crippen LogP contribution < -0.4 is 0 Å². The van der Waals surface area contributed by atoms with E-state index in [-0.39, 0.29) is 19.3 Å². The zero-order valence-corrected chi connectivity index (χ0v) is 34.8. The van der Waals surface area contributed by atoms with E-state index in [1.807, 2.05) is 12.2 Å². The van der Waals surface area contributed by atoms with Gasteiger partial charge in [0.2, 0.25) is 0 Å². The molecule has 0 heterocycles. The van der Waals surface area contributed by atoms with Gasteiger partial charge in [0.05, 0.1) is 25.9 Å². The van der Waals surface area contributed by atoms with Crippen LogP contribution in [0.1, 0.15) is 136 Å². The number of hydrogen-bond acceptors (Lipinski definition) is 10. The molecule has 55 heavy (non-hydrogen) atoms. The van der Waals surface area contributed by atoms with Crippen LogP contribution in [0.3, 0.4) is 0 Å². The zero-order chi connectivity index (χ0) is 40.8. The van der Waals surface area contributed by atoms with Crippen LogP contribution in [0, 0.1) is 5.92 Å². The first kappa shape index (κ1) is 52.4. The number of ether oxygens (including phenoxy) is 2. The maximum Gasteiger partial charge on any atom is 0.472 e. The van der Waals surface area contributed by atoms with E-state index >= 15 is 0 Å². The lowest BCUT2D eigenvalue weighted by Crippen LogP contribution is -2.30. The van der Waals surface area contributed by atoms with E-state index in [1.54, 1.807) is 12.2 Å². The SMILES string of the molecule is CC/C=C\C/C=C\C/C=C\C/C=C\C/C=C\C=C/C(O)CCC(=O)OC[C@H](COP(=O)(O)OC[C@@H](O)CO)OC(=O)CCCCCCCCCCC(C)CC. The molecule has 0 saturated carbocycles. The minimum Gasteiger partial charge on any atom is -0.462 e. The predicted molar refractivity (Wildman–Crippen MR) is 220 cm³/mol. The minimum atomic E-state index is -4.67. The van der Waals surface area contributed by atoms with Gasteiger partial charge in [-0.2, -0.15) is 0 Å². The van der Waals surface area contributed by atoms with Crippen molar-refractivity contribution in [3.05, 3.63) is 72.9 Å². The first-order valence-electron chi connectivity index (χ1n) is 20.4. The molecule has 0 aliphatic rings. The number of phosphoric ester groups is 1. The van der Waals surface area contributed by atoms with E-state index in [0.717, 1.165) is 57.3 Å². The normalized spacial score (nSPS) is 15.8. The van der Waals surface area contributed by atoms with Crippen LogP contribution in [-0.2, 0) is 32.7 Å². The Balaban J connectivity index is 4.59. The average Bonchev–Trinajstić information content (AvgIpc) is 3.17. The van der Waals surface area contributed by atoms with E-state index in [4.69, 9.17) is 19.1 Å². The largest absolute Gasteiger partial charge is 0.472 e. The number of hydrogen-bond donors (Lipinski definition) is 4. The fraction of sp³-hybridized carbons (Fsp3) is 0.674. The fourth-order valence-electron chi connectivity index (χ4n) is 4.96. The monoisotopic (exact) mass is 796 g/mol. The zero-order valence-electron chi connectivity index (χ0n) is 33.9. The second-order valence-corrected chi connectivity index (χ2v) is 15.2. The van der Waals surface area contributed by atoms with E-state index in [0.29, 0.717) is 6.42 Å². The Morgan fingerprint density at radius 2 is 1.20 bits per heavy atom. The summed E-state index contributed by atoms with van der Waals surface area (Å²) >= 11 is 0. The van der Waals surface area contributed by atoms with Crippen molar-refractivity contribution in [2.75, 3.05) is 26.4 Å². The molecule has 5 atom stereocenters. The van der Waals surface area contributed by atoms with Crippen LogP contribution in [0.5, 0.6) is 0 Å². The Kier molecular flexibility index (Phi) is 35.2. The Bertz CT molecular complexity index is 1180. The van der Waals surface area contributed by atoms with Gasteiger partial charge in [0.15, 0.2) is 6.10 Å². The Hall–Kier alpha value is -2.63. The third-order valence-corrected chi connectivity index (χ3v) is 9.48. The van der Waals surface area contributed by atoms with Gasteiger partial charge in [-0.25, -0.2) is 4.57 Å². The number of carbonyl (C=O) groups is 2. The van der Waals surface area contributed by atoms with Crippen LogP contribution in [0.25, 0.3) is 0 Å². The molecule has 0 aliphatic heterocycles. The molecule has 0 aromatic heterocycles. The van der Waals surface area contributed by atoms with E-state index in [1.165, 1.54) is 38.5 Å². The molecule has 0 aromatic carbocycles. The molecule has 0 saturated heterocycles. The first-order valence-corrected chi connectivity index (χ1v) is 21.9. The molecule has 0 radical (unpaired) electrons. The summed E-state index contributed by atoms with van der Waals surface area (Å²) in [5.41, 5.74) is 0. The fourth-order valence-corrected chi connectivity index (χ4v) is 5.75.